The summed E-state index contributed by atoms with van der Waals surface area (Å²) in [5, 5.41) is 0. The highest BCUT2D eigenvalue weighted by Gasteiger charge is 1.97. The summed E-state index contributed by atoms with van der Waals surface area (Å²) in [6.45, 7) is 6.77. The zero-order chi connectivity index (χ0) is 9.23. The number of unbranched alkanes of at least 4 members (excludes halogenated alkanes) is 4. The smallest absolute Gasteiger partial charge is 0.00515 e. The Hall–Kier alpha value is -0.300. The van der Waals surface area contributed by atoms with Crippen LogP contribution in [0, 0.1) is 5.92 Å². The molecular formula is C11H23N. The van der Waals surface area contributed by atoms with Gasteiger partial charge in [-0.05, 0) is 31.7 Å². The third-order valence-corrected chi connectivity index (χ3v) is 2.26. The lowest BCUT2D eigenvalue weighted by Crippen LogP contribution is -2.10. The largest absolute Gasteiger partial charge is 0.330 e. The Labute approximate surface area is 77.0 Å². The molecule has 1 nitrogen and oxygen atoms in total. The van der Waals surface area contributed by atoms with Gasteiger partial charge in [-0.25, -0.2) is 0 Å². The minimum absolute atomic E-state index is 0.712. The van der Waals surface area contributed by atoms with Gasteiger partial charge in [-0.1, -0.05) is 32.3 Å². The molecule has 0 spiro atoms. The van der Waals surface area contributed by atoms with E-state index in [-0.39, 0.29) is 0 Å². The summed E-state index contributed by atoms with van der Waals surface area (Å²) in [7, 11) is 0. The van der Waals surface area contributed by atoms with Crippen molar-refractivity contribution in [1.82, 2.24) is 0 Å². The molecule has 2 N–H and O–H groups in total. The van der Waals surface area contributed by atoms with Crippen LogP contribution < -0.4 is 5.73 Å². The van der Waals surface area contributed by atoms with Crippen LogP contribution in [0.1, 0.15) is 45.4 Å². The topological polar surface area (TPSA) is 26.0 Å². The van der Waals surface area contributed by atoms with Crippen molar-refractivity contribution in [2.75, 3.05) is 6.54 Å². The van der Waals surface area contributed by atoms with E-state index in [1.807, 2.05) is 6.08 Å². The fourth-order valence-corrected chi connectivity index (χ4v) is 1.25. The van der Waals surface area contributed by atoms with Crippen LogP contribution in [0.5, 0.6) is 0 Å². The molecule has 0 fully saturated rings. The molecule has 0 rings (SSSR count). The van der Waals surface area contributed by atoms with Crippen molar-refractivity contribution in [2.24, 2.45) is 11.7 Å². The molecule has 0 aliphatic heterocycles. The molecule has 0 aliphatic rings. The van der Waals surface area contributed by atoms with E-state index in [0.717, 1.165) is 6.54 Å². The predicted molar refractivity (Wildman–Crippen MR) is 56.1 cm³/mol. The Morgan fingerprint density at radius 1 is 1.25 bits per heavy atom. The summed E-state index contributed by atoms with van der Waals surface area (Å²) in [4.78, 5) is 0. The van der Waals surface area contributed by atoms with E-state index >= 15 is 0 Å². The summed E-state index contributed by atoms with van der Waals surface area (Å²) < 4.78 is 0. The zero-order valence-electron chi connectivity index (χ0n) is 8.39. The monoisotopic (exact) mass is 169 g/mol. The van der Waals surface area contributed by atoms with Crippen molar-refractivity contribution in [3.05, 3.63) is 12.7 Å². The van der Waals surface area contributed by atoms with Crippen LogP contribution in [0.15, 0.2) is 12.7 Å². The summed E-state index contributed by atoms with van der Waals surface area (Å²) >= 11 is 0. The molecular weight excluding hydrogens is 146 g/mol. The Morgan fingerprint density at radius 3 is 2.50 bits per heavy atom. The fourth-order valence-electron chi connectivity index (χ4n) is 1.25. The van der Waals surface area contributed by atoms with Crippen LogP contribution in [-0.2, 0) is 0 Å². The maximum atomic E-state index is 5.52. The maximum absolute atomic E-state index is 5.52. The molecule has 0 saturated carbocycles. The third kappa shape index (κ3) is 7.80. The van der Waals surface area contributed by atoms with E-state index in [4.69, 9.17) is 5.73 Å². The van der Waals surface area contributed by atoms with Gasteiger partial charge < -0.3 is 5.73 Å². The van der Waals surface area contributed by atoms with Crippen molar-refractivity contribution >= 4 is 0 Å². The molecule has 1 unspecified atom stereocenters. The lowest BCUT2D eigenvalue weighted by atomic mass is 10.0. The Kier molecular flexibility index (Phi) is 8.57. The molecule has 0 radical (unpaired) electrons. The Bertz CT molecular complexity index is 99.2. The summed E-state index contributed by atoms with van der Waals surface area (Å²) in [6, 6.07) is 0. The quantitative estimate of drug-likeness (QED) is 0.438. The molecule has 0 aromatic heterocycles. The minimum atomic E-state index is 0.712. The average molecular weight is 169 g/mol. The van der Waals surface area contributed by atoms with Gasteiger partial charge >= 0.3 is 0 Å². The molecule has 0 aliphatic carbocycles. The van der Waals surface area contributed by atoms with Gasteiger partial charge in [0.1, 0.15) is 0 Å². The van der Waals surface area contributed by atoms with Crippen LogP contribution in [-0.4, -0.2) is 6.54 Å². The highest BCUT2D eigenvalue weighted by Crippen LogP contribution is 2.10. The fraction of sp³-hybridized carbons (Fsp3) is 0.818. The number of nitrogens with two attached hydrogens (primary N) is 1. The first kappa shape index (κ1) is 11.7. The van der Waals surface area contributed by atoms with Crippen molar-refractivity contribution in [2.45, 2.75) is 45.4 Å². The van der Waals surface area contributed by atoms with E-state index < -0.39 is 0 Å². The van der Waals surface area contributed by atoms with Gasteiger partial charge in [-0.3, -0.25) is 0 Å². The number of hydrogen-bond acceptors (Lipinski definition) is 1. The van der Waals surface area contributed by atoms with E-state index in [1.165, 1.54) is 38.5 Å². The number of hydrogen-bond donors (Lipinski definition) is 1. The molecule has 0 heterocycles. The van der Waals surface area contributed by atoms with Gasteiger partial charge in [0.05, 0.1) is 0 Å². The summed E-state index contributed by atoms with van der Waals surface area (Å²) in [5.74, 6) is 0.712. The Balaban J connectivity index is 2.95. The van der Waals surface area contributed by atoms with Gasteiger partial charge in [0.2, 0.25) is 0 Å². The normalized spacial score (nSPS) is 12.8. The van der Waals surface area contributed by atoms with E-state index in [1.54, 1.807) is 0 Å². The minimum Gasteiger partial charge on any atom is -0.330 e. The molecule has 0 aromatic carbocycles. The summed E-state index contributed by atoms with van der Waals surface area (Å²) in [6.07, 6.45) is 9.83. The molecule has 0 saturated heterocycles. The van der Waals surface area contributed by atoms with Crippen LogP contribution >= 0.6 is 0 Å². The predicted octanol–water partition coefficient (Wildman–Crippen LogP) is 3.11. The molecule has 0 bridgehead atoms. The highest BCUT2D eigenvalue weighted by atomic mass is 14.5. The van der Waals surface area contributed by atoms with Gasteiger partial charge in [0.25, 0.3) is 0 Å². The first-order valence-electron chi connectivity index (χ1n) is 5.12. The van der Waals surface area contributed by atoms with Crippen molar-refractivity contribution < 1.29 is 0 Å². The van der Waals surface area contributed by atoms with Crippen molar-refractivity contribution in [3.63, 3.8) is 0 Å². The first-order chi connectivity index (χ1) is 5.81. The molecule has 12 heavy (non-hydrogen) atoms. The molecule has 0 amide bonds. The van der Waals surface area contributed by atoms with Gasteiger partial charge in [-0.2, -0.15) is 0 Å². The third-order valence-electron chi connectivity index (χ3n) is 2.26. The zero-order valence-corrected chi connectivity index (χ0v) is 8.39. The Morgan fingerprint density at radius 2 is 1.92 bits per heavy atom. The molecule has 1 atom stereocenters. The standard InChI is InChI=1S/C11H23N/c1-3-4-5-6-7-8-9-11(2)10-12/h3,11H,1,4-10,12H2,2H3. The van der Waals surface area contributed by atoms with Crippen LogP contribution in [0.25, 0.3) is 0 Å². The van der Waals surface area contributed by atoms with Crippen LogP contribution in [0.4, 0.5) is 0 Å². The summed E-state index contributed by atoms with van der Waals surface area (Å²) in [5.41, 5.74) is 5.52. The van der Waals surface area contributed by atoms with Crippen LogP contribution in [0.3, 0.4) is 0 Å². The number of allylic oxidation sites excluding steroid dienone is 1. The van der Waals surface area contributed by atoms with Gasteiger partial charge in [0.15, 0.2) is 0 Å². The maximum Gasteiger partial charge on any atom is -0.00515 e. The lowest BCUT2D eigenvalue weighted by Gasteiger charge is -2.06. The average Bonchev–Trinajstić information content (AvgIpc) is 2.10. The molecule has 0 aromatic rings. The lowest BCUT2D eigenvalue weighted by molar-refractivity contribution is 0.495. The van der Waals surface area contributed by atoms with Crippen molar-refractivity contribution in [3.8, 4) is 0 Å². The van der Waals surface area contributed by atoms with Gasteiger partial charge in [-0.15, -0.1) is 6.58 Å². The van der Waals surface area contributed by atoms with Crippen molar-refractivity contribution in [1.29, 1.82) is 0 Å². The van der Waals surface area contributed by atoms with E-state index in [0.29, 0.717) is 5.92 Å². The van der Waals surface area contributed by atoms with Gasteiger partial charge in [0, 0.05) is 0 Å². The molecule has 1 heteroatoms. The molecule has 72 valence electrons. The highest BCUT2D eigenvalue weighted by molar-refractivity contribution is 4.65. The van der Waals surface area contributed by atoms with Crippen LogP contribution in [0.2, 0.25) is 0 Å². The second-order valence-electron chi connectivity index (χ2n) is 3.62. The van der Waals surface area contributed by atoms with E-state index in [9.17, 15) is 0 Å². The SMILES string of the molecule is C=CCCCCCCC(C)CN. The first-order valence-corrected chi connectivity index (χ1v) is 5.12. The number of rotatable bonds is 8. The van der Waals surface area contributed by atoms with E-state index in [2.05, 4.69) is 13.5 Å². The second kappa shape index (κ2) is 8.79. The second-order valence-corrected chi connectivity index (χ2v) is 3.62.